The highest BCUT2D eigenvalue weighted by Crippen LogP contribution is 2.30. The van der Waals surface area contributed by atoms with Crippen LogP contribution in [0.25, 0.3) is 0 Å². The predicted molar refractivity (Wildman–Crippen MR) is 80.4 cm³/mol. The summed E-state index contributed by atoms with van der Waals surface area (Å²) in [7, 11) is 0. The number of rotatable bonds is 3. The lowest BCUT2D eigenvalue weighted by Gasteiger charge is -2.19. The number of carboxylic acids is 1. The Labute approximate surface area is 127 Å². The molecule has 1 aliphatic rings. The number of hydrogen-bond donors (Lipinski definition) is 1. The maximum absolute atomic E-state index is 11.9. The Bertz CT molecular complexity index is 506. The number of carboxylic acid groups (broad SMARTS) is 1. The predicted octanol–water partition coefficient (Wildman–Crippen LogP) is 2.74. The van der Waals surface area contributed by atoms with Gasteiger partial charge in [0.25, 0.3) is 0 Å². The number of anilines is 1. The molecule has 1 aromatic rings. The lowest BCUT2D eigenvalue weighted by atomic mass is 10.1. The topological polar surface area (TPSA) is 57.6 Å². The van der Waals surface area contributed by atoms with Gasteiger partial charge in [-0.2, -0.15) is 0 Å². The number of amides is 1. The molecule has 1 heterocycles. The van der Waals surface area contributed by atoms with Gasteiger partial charge >= 0.3 is 5.97 Å². The molecule has 1 N–H and O–H groups in total. The van der Waals surface area contributed by atoms with Crippen molar-refractivity contribution in [3.05, 3.63) is 27.3 Å². The van der Waals surface area contributed by atoms with Crippen LogP contribution in [0.1, 0.15) is 16.8 Å². The standard InChI is InChI=1S/C12H11BrINO3/c13-5-7-3-11(16)15(6-7)10-4-8(14)1-2-9(10)12(17)18/h1-2,4,7H,3,5-6H2,(H,17,18). The van der Waals surface area contributed by atoms with Gasteiger partial charge in [-0.3, -0.25) is 4.79 Å². The molecule has 0 bridgehead atoms. The van der Waals surface area contributed by atoms with Gasteiger partial charge in [0.1, 0.15) is 0 Å². The molecule has 0 saturated carbocycles. The van der Waals surface area contributed by atoms with Crippen LogP contribution in [0.15, 0.2) is 18.2 Å². The number of hydrogen-bond acceptors (Lipinski definition) is 2. The second kappa shape index (κ2) is 5.56. The smallest absolute Gasteiger partial charge is 0.337 e. The van der Waals surface area contributed by atoms with Crippen molar-refractivity contribution >= 4 is 56.1 Å². The Kier molecular flexibility index (Phi) is 4.26. The van der Waals surface area contributed by atoms with E-state index in [-0.39, 0.29) is 17.4 Å². The molecule has 18 heavy (non-hydrogen) atoms. The molecule has 1 unspecified atom stereocenters. The summed E-state index contributed by atoms with van der Waals surface area (Å²) < 4.78 is 0.919. The van der Waals surface area contributed by atoms with Crippen molar-refractivity contribution in [3.8, 4) is 0 Å². The molecule has 1 saturated heterocycles. The molecule has 4 nitrogen and oxygen atoms in total. The van der Waals surface area contributed by atoms with E-state index >= 15 is 0 Å². The Morgan fingerprint density at radius 3 is 2.83 bits per heavy atom. The van der Waals surface area contributed by atoms with Crippen molar-refractivity contribution in [3.63, 3.8) is 0 Å². The normalized spacial score (nSPS) is 19.3. The minimum absolute atomic E-state index is 0.0102. The molecule has 1 aromatic carbocycles. The number of alkyl halides is 1. The van der Waals surface area contributed by atoms with Crippen molar-refractivity contribution in [1.29, 1.82) is 0 Å². The third-order valence-corrected chi connectivity index (χ3v) is 4.49. The summed E-state index contributed by atoms with van der Waals surface area (Å²) in [5, 5.41) is 9.93. The molecule has 1 aliphatic heterocycles. The number of aromatic carboxylic acids is 1. The Balaban J connectivity index is 2.41. The molecule has 0 aliphatic carbocycles. The molecule has 1 fully saturated rings. The van der Waals surface area contributed by atoms with E-state index in [2.05, 4.69) is 38.5 Å². The van der Waals surface area contributed by atoms with Crippen LogP contribution in [-0.2, 0) is 4.79 Å². The maximum atomic E-state index is 11.9. The Morgan fingerprint density at radius 2 is 2.28 bits per heavy atom. The fourth-order valence-electron chi connectivity index (χ4n) is 2.03. The molecule has 1 atom stereocenters. The van der Waals surface area contributed by atoms with E-state index in [1.165, 1.54) is 0 Å². The average Bonchev–Trinajstić information content (AvgIpc) is 2.70. The van der Waals surface area contributed by atoms with E-state index in [9.17, 15) is 14.7 Å². The summed E-state index contributed by atoms with van der Waals surface area (Å²) in [5.41, 5.74) is 0.682. The van der Waals surface area contributed by atoms with Gasteiger partial charge in [0.05, 0.1) is 11.3 Å². The first-order valence-electron chi connectivity index (χ1n) is 5.42. The summed E-state index contributed by atoms with van der Waals surface area (Å²) >= 11 is 5.48. The van der Waals surface area contributed by atoms with Crippen LogP contribution in [0.3, 0.4) is 0 Å². The number of carbonyl (C=O) groups excluding carboxylic acids is 1. The third-order valence-electron chi connectivity index (χ3n) is 2.90. The average molecular weight is 424 g/mol. The highest BCUT2D eigenvalue weighted by molar-refractivity contribution is 14.1. The van der Waals surface area contributed by atoms with Crippen LogP contribution in [-0.4, -0.2) is 28.9 Å². The van der Waals surface area contributed by atoms with Crippen molar-refractivity contribution in [2.75, 3.05) is 16.8 Å². The summed E-state index contributed by atoms with van der Waals surface area (Å²) in [5.74, 6) is -0.766. The number of nitrogens with zero attached hydrogens (tertiary/aromatic N) is 1. The Hall–Kier alpha value is -0.630. The molecule has 2 rings (SSSR count). The fraction of sp³-hybridized carbons (Fsp3) is 0.333. The maximum Gasteiger partial charge on any atom is 0.337 e. The highest BCUT2D eigenvalue weighted by atomic mass is 127. The zero-order chi connectivity index (χ0) is 13.3. The van der Waals surface area contributed by atoms with Crippen LogP contribution in [0.2, 0.25) is 0 Å². The minimum Gasteiger partial charge on any atom is -0.478 e. The van der Waals surface area contributed by atoms with Crippen LogP contribution < -0.4 is 4.90 Å². The molecule has 0 aromatic heterocycles. The van der Waals surface area contributed by atoms with Gasteiger partial charge in [-0.05, 0) is 46.7 Å². The summed E-state index contributed by atoms with van der Waals surface area (Å²) in [6.45, 7) is 0.574. The van der Waals surface area contributed by atoms with E-state index < -0.39 is 5.97 Å². The molecule has 0 radical (unpaired) electrons. The first-order chi connectivity index (χ1) is 8.52. The number of carbonyl (C=O) groups is 2. The zero-order valence-corrected chi connectivity index (χ0v) is 13.1. The van der Waals surface area contributed by atoms with Gasteiger partial charge < -0.3 is 10.0 Å². The zero-order valence-electron chi connectivity index (χ0n) is 9.40. The quantitative estimate of drug-likeness (QED) is 0.600. The first-order valence-corrected chi connectivity index (χ1v) is 7.62. The summed E-state index contributed by atoms with van der Waals surface area (Å²) in [4.78, 5) is 24.7. The van der Waals surface area contributed by atoms with Crippen molar-refractivity contribution < 1.29 is 14.7 Å². The van der Waals surface area contributed by atoms with Crippen molar-refractivity contribution in [2.24, 2.45) is 5.92 Å². The van der Waals surface area contributed by atoms with Gasteiger partial charge in [0, 0.05) is 21.9 Å². The van der Waals surface area contributed by atoms with Gasteiger partial charge in [0.2, 0.25) is 5.91 Å². The van der Waals surface area contributed by atoms with E-state index in [1.807, 2.05) is 0 Å². The SMILES string of the molecule is O=C(O)c1ccc(I)cc1N1CC(CBr)CC1=O. The summed E-state index contributed by atoms with van der Waals surface area (Å²) in [6.07, 6.45) is 0.468. The monoisotopic (exact) mass is 423 g/mol. The van der Waals surface area contributed by atoms with Crippen molar-refractivity contribution in [2.45, 2.75) is 6.42 Å². The van der Waals surface area contributed by atoms with Gasteiger partial charge in [-0.1, -0.05) is 15.9 Å². The van der Waals surface area contributed by atoms with E-state index in [4.69, 9.17) is 0 Å². The first kappa shape index (κ1) is 13.8. The minimum atomic E-state index is -1.00. The lowest BCUT2D eigenvalue weighted by Crippen LogP contribution is -2.26. The molecular formula is C12H11BrINO3. The number of benzene rings is 1. The molecule has 1 amide bonds. The molecular weight excluding hydrogens is 413 g/mol. The molecule has 96 valence electrons. The summed E-state index contributed by atoms with van der Waals surface area (Å²) in [6, 6.07) is 5.03. The second-order valence-corrected chi connectivity index (χ2v) is 6.09. The van der Waals surface area contributed by atoms with Crippen LogP contribution >= 0.6 is 38.5 Å². The Morgan fingerprint density at radius 1 is 1.56 bits per heavy atom. The van der Waals surface area contributed by atoms with Gasteiger partial charge in [-0.15, -0.1) is 0 Å². The fourth-order valence-corrected chi connectivity index (χ4v) is 2.94. The van der Waals surface area contributed by atoms with Crippen LogP contribution in [0.4, 0.5) is 5.69 Å². The molecule has 0 spiro atoms. The van der Waals surface area contributed by atoms with E-state index in [1.54, 1.807) is 23.1 Å². The largest absolute Gasteiger partial charge is 0.478 e. The van der Waals surface area contributed by atoms with Crippen molar-refractivity contribution in [1.82, 2.24) is 0 Å². The van der Waals surface area contributed by atoms with E-state index in [0.29, 0.717) is 18.7 Å². The lowest BCUT2D eigenvalue weighted by molar-refractivity contribution is -0.117. The van der Waals surface area contributed by atoms with Crippen LogP contribution in [0.5, 0.6) is 0 Å². The van der Waals surface area contributed by atoms with Gasteiger partial charge in [0.15, 0.2) is 0 Å². The molecule has 6 heteroatoms. The van der Waals surface area contributed by atoms with Crippen LogP contribution in [0, 0.1) is 9.49 Å². The highest BCUT2D eigenvalue weighted by Gasteiger charge is 2.32. The van der Waals surface area contributed by atoms with Gasteiger partial charge in [-0.25, -0.2) is 4.79 Å². The van der Waals surface area contributed by atoms with E-state index in [0.717, 1.165) is 8.90 Å². The third kappa shape index (κ3) is 2.69. The second-order valence-electron chi connectivity index (χ2n) is 4.20. The number of halogens is 2.